The lowest BCUT2D eigenvalue weighted by Gasteiger charge is -2.31. The Kier molecular flexibility index (Phi) is 7.82. The molecule has 0 spiro atoms. The molecule has 37 heavy (non-hydrogen) atoms. The zero-order chi connectivity index (χ0) is 26.5. The van der Waals surface area contributed by atoms with Gasteiger partial charge in [-0.15, -0.1) is 0 Å². The first-order valence-electron chi connectivity index (χ1n) is 12.2. The Labute approximate surface area is 217 Å². The predicted molar refractivity (Wildman–Crippen MR) is 145 cm³/mol. The van der Waals surface area contributed by atoms with Crippen molar-refractivity contribution in [1.82, 2.24) is 4.98 Å². The number of aromatic nitrogens is 1. The van der Waals surface area contributed by atoms with Crippen molar-refractivity contribution in [2.75, 3.05) is 19.1 Å². The summed E-state index contributed by atoms with van der Waals surface area (Å²) in [6.07, 6.45) is 2.26. The second kappa shape index (κ2) is 11.2. The Balaban J connectivity index is 1.75. The van der Waals surface area contributed by atoms with Gasteiger partial charge in [0.25, 0.3) is 0 Å². The van der Waals surface area contributed by atoms with Gasteiger partial charge in [-0.05, 0) is 61.2 Å². The summed E-state index contributed by atoms with van der Waals surface area (Å²) in [6, 6.07) is 18.7. The number of fused-ring (bicyclic) bond motifs is 1. The number of methoxy groups -OCH3 is 2. The average molecular weight is 501 g/mol. The molecule has 1 N–H and O–H groups in total. The van der Waals surface area contributed by atoms with E-state index in [1.807, 2.05) is 68.4 Å². The van der Waals surface area contributed by atoms with Crippen LogP contribution in [0.25, 0.3) is 10.9 Å². The van der Waals surface area contributed by atoms with Gasteiger partial charge in [-0.2, -0.15) is 0 Å². The van der Waals surface area contributed by atoms with Crippen molar-refractivity contribution in [3.8, 4) is 23.0 Å². The lowest BCUT2D eigenvalue weighted by atomic mass is 9.98. The summed E-state index contributed by atoms with van der Waals surface area (Å²) in [5.41, 5.74) is 3.95. The van der Waals surface area contributed by atoms with Crippen molar-refractivity contribution in [1.29, 1.82) is 0 Å². The van der Waals surface area contributed by atoms with Crippen molar-refractivity contribution in [3.05, 3.63) is 83.6 Å². The molecule has 1 amide bonds. The summed E-state index contributed by atoms with van der Waals surface area (Å²) >= 11 is 0. The molecule has 0 aliphatic heterocycles. The van der Waals surface area contributed by atoms with Gasteiger partial charge in [0.2, 0.25) is 0 Å². The molecule has 0 saturated heterocycles. The number of pyridine rings is 1. The van der Waals surface area contributed by atoms with Crippen LogP contribution in [0.4, 0.5) is 10.5 Å². The highest BCUT2D eigenvalue weighted by Crippen LogP contribution is 2.40. The van der Waals surface area contributed by atoms with E-state index < -0.39 is 6.09 Å². The molecule has 0 aliphatic rings. The van der Waals surface area contributed by atoms with E-state index in [1.54, 1.807) is 26.5 Å². The summed E-state index contributed by atoms with van der Waals surface area (Å²) in [4.78, 5) is 18.5. The van der Waals surface area contributed by atoms with Crippen LogP contribution in [0.15, 0.2) is 66.9 Å². The van der Waals surface area contributed by atoms with Crippen LogP contribution >= 0.6 is 0 Å². The molecule has 4 rings (SSSR count). The number of rotatable bonds is 9. The molecule has 0 saturated carbocycles. The van der Waals surface area contributed by atoms with Crippen molar-refractivity contribution < 1.29 is 24.1 Å². The summed E-state index contributed by atoms with van der Waals surface area (Å²) < 4.78 is 17.2. The zero-order valence-electron chi connectivity index (χ0n) is 21.8. The molecule has 0 aliphatic carbocycles. The minimum absolute atomic E-state index is 0.292. The number of anilines is 1. The van der Waals surface area contributed by atoms with Crippen LogP contribution in [-0.2, 0) is 0 Å². The fourth-order valence-corrected chi connectivity index (χ4v) is 4.60. The third-order valence-corrected chi connectivity index (χ3v) is 6.44. The number of amides is 1. The number of carboxylic acid groups (broad SMARTS) is 1. The van der Waals surface area contributed by atoms with Crippen LogP contribution in [0.2, 0.25) is 0 Å². The minimum Gasteiger partial charge on any atom is -0.493 e. The highest BCUT2D eigenvalue weighted by atomic mass is 16.5. The molecular formula is C30H32N2O5. The van der Waals surface area contributed by atoms with Gasteiger partial charge in [0.05, 0.1) is 31.5 Å². The molecule has 7 nitrogen and oxygen atoms in total. The smallest absolute Gasteiger partial charge is 0.412 e. The predicted octanol–water partition coefficient (Wildman–Crippen LogP) is 7.69. The molecular weight excluding hydrogens is 468 g/mol. The van der Waals surface area contributed by atoms with Gasteiger partial charge in [0.1, 0.15) is 11.5 Å². The van der Waals surface area contributed by atoms with E-state index in [9.17, 15) is 9.90 Å². The van der Waals surface area contributed by atoms with Crippen LogP contribution in [-0.4, -0.2) is 30.4 Å². The molecule has 1 heterocycles. The first-order valence-corrected chi connectivity index (χ1v) is 12.2. The molecule has 0 radical (unpaired) electrons. The number of carbonyl (C=O) groups is 1. The molecule has 1 aromatic heterocycles. The van der Waals surface area contributed by atoms with E-state index >= 15 is 0 Å². The average Bonchev–Trinajstić information content (AvgIpc) is 2.90. The second-order valence-corrected chi connectivity index (χ2v) is 8.91. The van der Waals surface area contributed by atoms with E-state index in [2.05, 4.69) is 11.9 Å². The first kappa shape index (κ1) is 25.8. The van der Waals surface area contributed by atoms with Gasteiger partial charge in [0.15, 0.2) is 11.5 Å². The molecule has 0 bridgehead atoms. The number of aryl methyl sites for hydroxylation is 2. The summed E-state index contributed by atoms with van der Waals surface area (Å²) in [5.74, 6) is 2.42. The van der Waals surface area contributed by atoms with Crippen LogP contribution in [0.1, 0.15) is 42.5 Å². The van der Waals surface area contributed by atoms with Crippen molar-refractivity contribution in [2.45, 2.75) is 39.7 Å². The molecule has 4 aromatic rings. The molecule has 0 fully saturated rings. The highest BCUT2D eigenvalue weighted by Gasteiger charge is 2.28. The maximum atomic E-state index is 12.6. The van der Waals surface area contributed by atoms with E-state index in [0.29, 0.717) is 40.6 Å². The van der Waals surface area contributed by atoms with Crippen molar-refractivity contribution in [2.24, 2.45) is 0 Å². The van der Waals surface area contributed by atoms with Gasteiger partial charge in [0, 0.05) is 17.6 Å². The normalized spacial score (nSPS) is 11.7. The first-order chi connectivity index (χ1) is 17.9. The number of hydrogen-bond donors (Lipinski definition) is 1. The minimum atomic E-state index is -0.986. The zero-order valence-corrected chi connectivity index (χ0v) is 21.8. The third-order valence-electron chi connectivity index (χ3n) is 6.44. The third kappa shape index (κ3) is 5.31. The Morgan fingerprint density at radius 2 is 1.62 bits per heavy atom. The van der Waals surface area contributed by atoms with Gasteiger partial charge in [-0.25, -0.2) is 4.79 Å². The number of ether oxygens (including phenoxy) is 3. The molecule has 1 atom stereocenters. The number of nitrogens with zero attached hydrogens (tertiary/aromatic N) is 2. The lowest BCUT2D eigenvalue weighted by molar-refractivity contribution is 0.198. The standard InChI is InChI=1S/C30H32N2O5/c1-6-10-24(21-11-8-7-9-12-21)32(30(33)34)25-15-20(3)27(16-19(25)2)37-26-13-14-31-23-18-29(36-5)28(35-4)17-22(23)26/h7-9,11-18,24H,6,10H2,1-5H3,(H,33,34). The lowest BCUT2D eigenvalue weighted by Crippen LogP contribution is -2.34. The molecule has 192 valence electrons. The second-order valence-electron chi connectivity index (χ2n) is 8.91. The van der Waals surface area contributed by atoms with E-state index in [4.69, 9.17) is 14.2 Å². The van der Waals surface area contributed by atoms with Gasteiger partial charge >= 0.3 is 6.09 Å². The highest BCUT2D eigenvalue weighted by molar-refractivity contribution is 5.90. The maximum absolute atomic E-state index is 12.6. The van der Waals surface area contributed by atoms with Gasteiger partial charge in [-0.1, -0.05) is 43.7 Å². The van der Waals surface area contributed by atoms with Gasteiger partial charge in [-0.3, -0.25) is 9.88 Å². The molecule has 3 aromatic carbocycles. The monoisotopic (exact) mass is 500 g/mol. The SMILES string of the molecule is CCCC(c1ccccc1)N(C(=O)O)c1cc(C)c(Oc2ccnc3cc(OC)c(OC)cc23)cc1C. The fourth-order valence-electron chi connectivity index (χ4n) is 4.60. The van der Waals surface area contributed by atoms with E-state index in [1.165, 1.54) is 4.90 Å². The van der Waals surface area contributed by atoms with E-state index in [0.717, 1.165) is 28.5 Å². The Morgan fingerprint density at radius 3 is 2.27 bits per heavy atom. The number of benzene rings is 3. The van der Waals surface area contributed by atoms with Crippen LogP contribution in [0, 0.1) is 13.8 Å². The maximum Gasteiger partial charge on any atom is 0.412 e. The molecule has 1 unspecified atom stereocenters. The molecule has 7 heteroatoms. The van der Waals surface area contributed by atoms with Gasteiger partial charge < -0.3 is 19.3 Å². The van der Waals surface area contributed by atoms with Crippen molar-refractivity contribution in [3.63, 3.8) is 0 Å². The fraction of sp³-hybridized carbons (Fsp3) is 0.267. The Morgan fingerprint density at radius 1 is 0.919 bits per heavy atom. The summed E-state index contributed by atoms with van der Waals surface area (Å²) in [6.45, 7) is 5.89. The number of hydrogen-bond acceptors (Lipinski definition) is 5. The van der Waals surface area contributed by atoms with Crippen LogP contribution in [0.3, 0.4) is 0 Å². The summed E-state index contributed by atoms with van der Waals surface area (Å²) in [7, 11) is 3.17. The van der Waals surface area contributed by atoms with E-state index in [-0.39, 0.29) is 6.04 Å². The largest absolute Gasteiger partial charge is 0.493 e. The summed E-state index contributed by atoms with van der Waals surface area (Å²) in [5, 5.41) is 11.1. The quantitative estimate of drug-likeness (QED) is 0.254. The van der Waals surface area contributed by atoms with Crippen molar-refractivity contribution >= 4 is 22.7 Å². The Bertz CT molecular complexity index is 1400. The Hall–Kier alpha value is -4.26. The topological polar surface area (TPSA) is 81.1 Å². The van der Waals surface area contributed by atoms with Crippen LogP contribution in [0.5, 0.6) is 23.0 Å². The van der Waals surface area contributed by atoms with Crippen LogP contribution < -0.4 is 19.1 Å².